The van der Waals surface area contributed by atoms with Gasteiger partial charge in [-0.05, 0) is 41.9 Å². The van der Waals surface area contributed by atoms with Crippen molar-refractivity contribution in [1.29, 1.82) is 0 Å². The molecule has 0 amide bonds. The lowest BCUT2D eigenvalue weighted by Crippen LogP contribution is -2.05. The molecule has 2 heterocycles. The number of rotatable bonds is 3. The average Bonchev–Trinajstić information content (AvgIpc) is 2.82. The standard InChI is InChI=1S/C10H12BrN3O2/c1-6(2)14-10(7(5-15)12-13-14)8-3-4-9(11)16-8/h3-4,6,15H,5H2,1-2H3. The summed E-state index contributed by atoms with van der Waals surface area (Å²) in [5, 5.41) is 17.1. The first-order valence-electron chi connectivity index (χ1n) is 4.94. The Bertz CT molecular complexity index is 490. The molecule has 0 radical (unpaired) electrons. The van der Waals surface area contributed by atoms with Crippen LogP contribution in [0.15, 0.2) is 21.2 Å². The normalized spacial score (nSPS) is 11.3. The first kappa shape index (κ1) is 11.3. The zero-order chi connectivity index (χ0) is 11.7. The van der Waals surface area contributed by atoms with Crippen LogP contribution in [0.4, 0.5) is 0 Å². The Kier molecular flexibility index (Phi) is 3.11. The first-order valence-corrected chi connectivity index (χ1v) is 5.73. The molecule has 2 aromatic heterocycles. The van der Waals surface area contributed by atoms with Gasteiger partial charge in [-0.15, -0.1) is 5.10 Å². The SMILES string of the molecule is CC(C)n1nnc(CO)c1-c1ccc(Br)o1. The van der Waals surface area contributed by atoms with Crippen LogP contribution in [-0.2, 0) is 6.61 Å². The van der Waals surface area contributed by atoms with Gasteiger partial charge in [0, 0.05) is 6.04 Å². The Labute approximate surface area is 101 Å². The molecule has 0 saturated heterocycles. The van der Waals surface area contributed by atoms with E-state index >= 15 is 0 Å². The number of hydrogen-bond donors (Lipinski definition) is 1. The Hall–Kier alpha value is -1.14. The quantitative estimate of drug-likeness (QED) is 0.940. The van der Waals surface area contributed by atoms with E-state index in [2.05, 4.69) is 26.2 Å². The number of furan rings is 1. The van der Waals surface area contributed by atoms with E-state index in [0.717, 1.165) is 5.69 Å². The molecule has 0 aliphatic carbocycles. The number of hydrogen-bond acceptors (Lipinski definition) is 4. The molecular formula is C10H12BrN3O2. The van der Waals surface area contributed by atoms with Gasteiger partial charge >= 0.3 is 0 Å². The van der Waals surface area contributed by atoms with Crippen molar-refractivity contribution in [3.8, 4) is 11.5 Å². The molecule has 1 N–H and O–H groups in total. The van der Waals surface area contributed by atoms with E-state index in [0.29, 0.717) is 16.1 Å². The van der Waals surface area contributed by atoms with Gasteiger partial charge in [-0.25, -0.2) is 4.68 Å². The number of nitrogens with zero attached hydrogens (tertiary/aromatic N) is 3. The average molecular weight is 286 g/mol. The summed E-state index contributed by atoms with van der Waals surface area (Å²) in [5.41, 5.74) is 1.25. The van der Waals surface area contributed by atoms with Crippen molar-refractivity contribution in [3.05, 3.63) is 22.5 Å². The van der Waals surface area contributed by atoms with Crippen LogP contribution in [0.5, 0.6) is 0 Å². The molecule has 0 spiro atoms. The molecule has 0 fully saturated rings. The summed E-state index contributed by atoms with van der Waals surface area (Å²) >= 11 is 3.25. The minimum absolute atomic E-state index is 0.152. The van der Waals surface area contributed by atoms with E-state index in [1.165, 1.54) is 0 Å². The van der Waals surface area contributed by atoms with E-state index in [1.54, 1.807) is 10.7 Å². The molecule has 6 heteroatoms. The van der Waals surface area contributed by atoms with Gasteiger partial charge in [-0.1, -0.05) is 5.21 Å². The lowest BCUT2D eigenvalue weighted by atomic mass is 10.2. The molecule has 16 heavy (non-hydrogen) atoms. The smallest absolute Gasteiger partial charge is 0.169 e. The third kappa shape index (κ3) is 1.90. The summed E-state index contributed by atoms with van der Waals surface area (Å²) in [5.74, 6) is 0.648. The second-order valence-electron chi connectivity index (χ2n) is 3.68. The summed E-state index contributed by atoms with van der Waals surface area (Å²) in [6.07, 6.45) is 0. The molecule has 0 bridgehead atoms. The molecule has 0 atom stereocenters. The molecule has 2 aromatic rings. The largest absolute Gasteiger partial charge is 0.448 e. The van der Waals surface area contributed by atoms with E-state index in [1.807, 2.05) is 19.9 Å². The lowest BCUT2D eigenvalue weighted by molar-refractivity contribution is 0.277. The predicted molar refractivity (Wildman–Crippen MR) is 61.7 cm³/mol. The Morgan fingerprint density at radius 2 is 2.25 bits per heavy atom. The summed E-state index contributed by atoms with van der Waals surface area (Å²) in [6.45, 7) is 3.84. The van der Waals surface area contributed by atoms with Crippen molar-refractivity contribution in [1.82, 2.24) is 15.0 Å². The zero-order valence-corrected chi connectivity index (χ0v) is 10.6. The highest BCUT2D eigenvalue weighted by Gasteiger charge is 2.18. The van der Waals surface area contributed by atoms with Crippen molar-refractivity contribution in [3.63, 3.8) is 0 Å². The molecule has 0 aliphatic rings. The Balaban J connectivity index is 2.56. The highest BCUT2D eigenvalue weighted by atomic mass is 79.9. The number of aliphatic hydroxyl groups is 1. The molecule has 0 aromatic carbocycles. The van der Waals surface area contributed by atoms with Gasteiger partial charge in [0.05, 0.1) is 6.61 Å². The highest BCUT2D eigenvalue weighted by Crippen LogP contribution is 2.28. The minimum Gasteiger partial charge on any atom is -0.448 e. The fourth-order valence-corrected chi connectivity index (χ4v) is 1.80. The van der Waals surface area contributed by atoms with E-state index in [4.69, 9.17) is 4.42 Å². The van der Waals surface area contributed by atoms with Gasteiger partial charge in [0.15, 0.2) is 10.4 Å². The maximum atomic E-state index is 9.21. The van der Waals surface area contributed by atoms with Crippen LogP contribution in [0, 0.1) is 0 Å². The molecular weight excluding hydrogens is 274 g/mol. The van der Waals surface area contributed by atoms with Gasteiger partial charge in [-0.2, -0.15) is 0 Å². The van der Waals surface area contributed by atoms with E-state index < -0.39 is 0 Å². The van der Waals surface area contributed by atoms with Gasteiger partial charge in [0.1, 0.15) is 11.4 Å². The van der Waals surface area contributed by atoms with E-state index in [9.17, 15) is 5.11 Å². The van der Waals surface area contributed by atoms with Crippen LogP contribution >= 0.6 is 15.9 Å². The summed E-state index contributed by atoms with van der Waals surface area (Å²) in [4.78, 5) is 0. The Morgan fingerprint density at radius 1 is 1.50 bits per heavy atom. The van der Waals surface area contributed by atoms with E-state index in [-0.39, 0.29) is 12.6 Å². The van der Waals surface area contributed by atoms with Crippen molar-refractivity contribution in [2.75, 3.05) is 0 Å². The van der Waals surface area contributed by atoms with Crippen molar-refractivity contribution in [2.45, 2.75) is 26.5 Å². The van der Waals surface area contributed by atoms with Gasteiger partial charge in [-0.3, -0.25) is 0 Å². The fraction of sp³-hybridized carbons (Fsp3) is 0.400. The van der Waals surface area contributed by atoms with Gasteiger partial charge in [0.2, 0.25) is 0 Å². The number of aliphatic hydroxyl groups excluding tert-OH is 1. The first-order chi connectivity index (χ1) is 7.63. The number of aromatic nitrogens is 3. The molecule has 86 valence electrons. The maximum absolute atomic E-state index is 9.21. The van der Waals surface area contributed by atoms with Gasteiger partial charge < -0.3 is 9.52 Å². The van der Waals surface area contributed by atoms with Crippen LogP contribution in [-0.4, -0.2) is 20.1 Å². The second kappa shape index (κ2) is 4.39. The lowest BCUT2D eigenvalue weighted by Gasteiger charge is -2.08. The third-order valence-electron chi connectivity index (χ3n) is 2.21. The maximum Gasteiger partial charge on any atom is 0.169 e. The number of halogens is 1. The van der Waals surface area contributed by atoms with Crippen molar-refractivity contribution >= 4 is 15.9 Å². The summed E-state index contributed by atoms with van der Waals surface area (Å²) in [6, 6.07) is 3.78. The summed E-state index contributed by atoms with van der Waals surface area (Å²) < 4.78 is 7.84. The van der Waals surface area contributed by atoms with Crippen LogP contribution in [0.25, 0.3) is 11.5 Å². The van der Waals surface area contributed by atoms with Crippen LogP contribution in [0.2, 0.25) is 0 Å². The molecule has 5 nitrogen and oxygen atoms in total. The zero-order valence-electron chi connectivity index (χ0n) is 9.01. The fourth-order valence-electron chi connectivity index (χ4n) is 1.49. The van der Waals surface area contributed by atoms with Gasteiger partial charge in [0.25, 0.3) is 0 Å². The third-order valence-corrected chi connectivity index (χ3v) is 2.64. The summed E-state index contributed by atoms with van der Waals surface area (Å²) in [7, 11) is 0. The van der Waals surface area contributed by atoms with Crippen LogP contribution < -0.4 is 0 Å². The predicted octanol–water partition coefficient (Wildman–Crippen LogP) is 2.37. The van der Waals surface area contributed by atoms with Crippen molar-refractivity contribution in [2.24, 2.45) is 0 Å². The molecule has 0 aliphatic heterocycles. The molecule has 0 unspecified atom stereocenters. The topological polar surface area (TPSA) is 64.1 Å². The van der Waals surface area contributed by atoms with Crippen LogP contribution in [0.3, 0.4) is 0 Å². The molecule has 0 saturated carbocycles. The second-order valence-corrected chi connectivity index (χ2v) is 4.47. The highest BCUT2D eigenvalue weighted by molar-refractivity contribution is 9.10. The van der Waals surface area contributed by atoms with Crippen LogP contribution in [0.1, 0.15) is 25.6 Å². The Morgan fingerprint density at radius 3 is 2.75 bits per heavy atom. The molecule has 2 rings (SSSR count). The van der Waals surface area contributed by atoms with Crippen molar-refractivity contribution < 1.29 is 9.52 Å². The minimum atomic E-state index is -0.152. The monoisotopic (exact) mass is 285 g/mol.